The van der Waals surface area contributed by atoms with Crippen LogP contribution in [0.5, 0.6) is 0 Å². The van der Waals surface area contributed by atoms with Crippen LogP contribution in [-0.2, 0) is 9.59 Å². The van der Waals surface area contributed by atoms with Gasteiger partial charge >= 0.3 is 0 Å². The highest BCUT2D eigenvalue weighted by Crippen LogP contribution is 2.13. The Morgan fingerprint density at radius 2 is 0.949 bits per heavy atom. The first-order chi connectivity index (χ1) is 19.2. The molecular formula is C34H69N3O2. The third kappa shape index (κ3) is 28.2. The second-order valence-corrected chi connectivity index (χ2v) is 11.9. The van der Waals surface area contributed by atoms with E-state index < -0.39 is 6.04 Å². The molecule has 1 atom stereocenters. The summed E-state index contributed by atoms with van der Waals surface area (Å²) in [6.45, 7) is 5.86. The third-order valence-electron chi connectivity index (χ3n) is 7.94. The van der Waals surface area contributed by atoms with Gasteiger partial charge in [0.25, 0.3) is 0 Å². The molecule has 2 amide bonds. The molecule has 0 aromatic rings. The number of carbonyl (C=O) groups excluding carboxylic acids is 2. The number of carbonyl (C=O) groups is 2. The summed E-state index contributed by atoms with van der Waals surface area (Å²) in [6.07, 6.45) is 32.7. The number of hydrogen-bond donors (Lipinski definition) is 3. The maximum Gasteiger partial charge on any atom is 0.242 e. The van der Waals surface area contributed by atoms with Gasteiger partial charge in [-0.15, -0.1) is 0 Å². The van der Waals surface area contributed by atoms with E-state index in [1.807, 2.05) is 0 Å². The summed E-state index contributed by atoms with van der Waals surface area (Å²) in [4.78, 5) is 25.3. The minimum Gasteiger partial charge on any atom is -0.354 e. The summed E-state index contributed by atoms with van der Waals surface area (Å²) in [7, 11) is 0. The maximum absolute atomic E-state index is 12.8. The molecule has 0 rings (SSSR count). The summed E-state index contributed by atoms with van der Waals surface area (Å²) < 4.78 is 0. The largest absolute Gasteiger partial charge is 0.354 e. The smallest absolute Gasteiger partial charge is 0.242 e. The number of amides is 2. The molecule has 232 valence electrons. The highest BCUT2D eigenvalue weighted by Gasteiger charge is 2.19. The SMILES string of the molecule is CCCCCCCCCCCCCCCC(=O)N[C@H](CCCCN)C(=O)NCCCCCCCCCCCC. The lowest BCUT2D eigenvalue weighted by Gasteiger charge is -2.18. The molecule has 0 aromatic heterocycles. The van der Waals surface area contributed by atoms with Crippen molar-refractivity contribution >= 4 is 11.8 Å². The van der Waals surface area contributed by atoms with Crippen molar-refractivity contribution in [3.63, 3.8) is 0 Å². The Morgan fingerprint density at radius 3 is 1.38 bits per heavy atom. The lowest BCUT2D eigenvalue weighted by Crippen LogP contribution is -2.47. The first-order valence-corrected chi connectivity index (χ1v) is 17.4. The Hall–Kier alpha value is -1.10. The van der Waals surface area contributed by atoms with E-state index in [0.29, 0.717) is 25.9 Å². The second kappa shape index (κ2) is 31.4. The Labute approximate surface area is 244 Å². The van der Waals surface area contributed by atoms with Crippen molar-refractivity contribution in [1.29, 1.82) is 0 Å². The topological polar surface area (TPSA) is 84.2 Å². The Kier molecular flexibility index (Phi) is 30.5. The molecule has 0 saturated carbocycles. The second-order valence-electron chi connectivity index (χ2n) is 11.9. The van der Waals surface area contributed by atoms with Crippen molar-refractivity contribution in [2.24, 2.45) is 5.73 Å². The fraction of sp³-hybridized carbons (Fsp3) is 0.941. The van der Waals surface area contributed by atoms with Crippen LogP contribution in [0.2, 0.25) is 0 Å². The van der Waals surface area contributed by atoms with Crippen LogP contribution in [0.1, 0.15) is 187 Å². The van der Waals surface area contributed by atoms with Crippen molar-refractivity contribution in [1.82, 2.24) is 10.6 Å². The van der Waals surface area contributed by atoms with Crippen molar-refractivity contribution in [3.8, 4) is 0 Å². The van der Waals surface area contributed by atoms with Crippen LogP contribution >= 0.6 is 0 Å². The normalized spacial score (nSPS) is 12.0. The molecule has 0 unspecified atom stereocenters. The zero-order valence-corrected chi connectivity index (χ0v) is 26.5. The molecule has 0 aliphatic carbocycles. The molecule has 0 heterocycles. The molecule has 0 saturated heterocycles. The van der Waals surface area contributed by atoms with Gasteiger partial charge in [-0.25, -0.2) is 0 Å². The Balaban J connectivity index is 3.88. The molecule has 0 aliphatic heterocycles. The van der Waals surface area contributed by atoms with Crippen molar-refractivity contribution < 1.29 is 9.59 Å². The van der Waals surface area contributed by atoms with Gasteiger partial charge in [-0.2, -0.15) is 0 Å². The van der Waals surface area contributed by atoms with Crippen LogP contribution in [0.4, 0.5) is 0 Å². The summed E-state index contributed by atoms with van der Waals surface area (Å²) in [5.74, 6) is -0.00781. The molecule has 0 spiro atoms. The molecule has 0 aromatic carbocycles. The van der Waals surface area contributed by atoms with E-state index in [0.717, 1.165) is 32.1 Å². The molecule has 5 heteroatoms. The number of hydrogen-bond acceptors (Lipinski definition) is 3. The number of unbranched alkanes of at least 4 members (excludes halogenated alkanes) is 22. The van der Waals surface area contributed by atoms with Crippen LogP contribution < -0.4 is 16.4 Å². The fourth-order valence-corrected chi connectivity index (χ4v) is 5.28. The van der Waals surface area contributed by atoms with Gasteiger partial charge in [0.1, 0.15) is 6.04 Å². The molecular weight excluding hydrogens is 482 g/mol. The fourth-order valence-electron chi connectivity index (χ4n) is 5.28. The van der Waals surface area contributed by atoms with E-state index in [1.165, 1.54) is 128 Å². The zero-order chi connectivity index (χ0) is 28.7. The molecule has 0 radical (unpaired) electrons. The van der Waals surface area contributed by atoms with E-state index in [2.05, 4.69) is 24.5 Å². The van der Waals surface area contributed by atoms with E-state index in [1.54, 1.807) is 0 Å². The lowest BCUT2D eigenvalue weighted by atomic mass is 10.0. The zero-order valence-electron chi connectivity index (χ0n) is 26.5. The van der Waals surface area contributed by atoms with Gasteiger partial charge in [0, 0.05) is 13.0 Å². The predicted molar refractivity (Wildman–Crippen MR) is 170 cm³/mol. The molecule has 5 nitrogen and oxygen atoms in total. The van der Waals surface area contributed by atoms with Gasteiger partial charge in [-0.05, 0) is 38.6 Å². The van der Waals surface area contributed by atoms with Crippen LogP contribution in [0.15, 0.2) is 0 Å². The highest BCUT2D eigenvalue weighted by atomic mass is 16.2. The Morgan fingerprint density at radius 1 is 0.538 bits per heavy atom. The molecule has 4 N–H and O–H groups in total. The summed E-state index contributed by atoms with van der Waals surface area (Å²) >= 11 is 0. The van der Waals surface area contributed by atoms with Crippen LogP contribution in [-0.4, -0.2) is 30.9 Å². The van der Waals surface area contributed by atoms with Gasteiger partial charge < -0.3 is 16.4 Å². The van der Waals surface area contributed by atoms with E-state index in [9.17, 15) is 9.59 Å². The van der Waals surface area contributed by atoms with E-state index in [-0.39, 0.29) is 11.8 Å². The van der Waals surface area contributed by atoms with E-state index >= 15 is 0 Å². The average Bonchev–Trinajstić information content (AvgIpc) is 2.93. The van der Waals surface area contributed by atoms with Gasteiger partial charge in [-0.1, -0.05) is 149 Å². The van der Waals surface area contributed by atoms with Crippen LogP contribution in [0, 0.1) is 0 Å². The minimum atomic E-state index is -0.422. The quantitative estimate of drug-likeness (QED) is 0.0751. The van der Waals surface area contributed by atoms with Gasteiger partial charge in [-0.3, -0.25) is 9.59 Å². The molecule has 39 heavy (non-hydrogen) atoms. The molecule has 0 bridgehead atoms. The van der Waals surface area contributed by atoms with Crippen LogP contribution in [0.25, 0.3) is 0 Å². The summed E-state index contributed by atoms with van der Waals surface area (Å²) in [5.41, 5.74) is 5.64. The Bertz CT molecular complexity index is 527. The lowest BCUT2D eigenvalue weighted by molar-refractivity contribution is -0.129. The standard InChI is InChI=1S/C34H69N3O2/c1-3-5-7-9-11-13-15-16-17-18-20-22-24-29-33(38)37-32(28-25-26-30-35)34(39)36-31-27-23-21-19-14-12-10-8-6-4-2/h32H,3-31,35H2,1-2H3,(H,36,39)(H,37,38)/t32-/m1/s1. The first-order valence-electron chi connectivity index (χ1n) is 17.4. The number of nitrogens with two attached hydrogens (primary N) is 1. The van der Waals surface area contributed by atoms with Crippen molar-refractivity contribution in [3.05, 3.63) is 0 Å². The first kappa shape index (κ1) is 37.9. The monoisotopic (exact) mass is 552 g/mol. The predicted octanol–water partition coefficient (Wildman–Crippen LogP) is 9.12. The van der Waals surface area contributed by atoms with Crippen molar-refractivity contribution in [2.75, 3.05) is 13.1 Å². The molecule has 0 fully saturated rings. The maximum atomic E-state index is 12.8. The summed E-state index contributed by atoms with van der Waals surface area (Å²) in [5, 5.41) is 6.09. The van der Waals surface area contributed by atoms with Gasteiger partial charge in [0.2, 0.25) is 11.8 Å². The summed E-state index contributed by atoms with van der Waals surface area (Å²) in [6, 6.07) is -0.422. The van der Waals surface area contributed by atoms with Crippen LogP contribution in [0.3, 0.4) is 0 Å². The molecule has 0 aliphatic rings. The third-order valence-corrected chi connectivity index (χ3v) is 7.94. The van der Waals surface area contributed by atoms with E-state index in [4.69, 9.17) is 5.73 Å². The van der Waals surface area contributed by atoms with Gasteiger partial charge in [0.05, 0.1) is 0 Å². The average molecular weight is 552 g/mol. The number of rotatable bonds is 31. The van der Waals surface area contributed by atoms with Crippen molar-refractivity contribution in [2.45, 2.75) is 193 Å². The van der Waals surface area contributed by atoms with Gasteiger partial charge in [0.15, 0.2) is 0 Å². The minimum absolute atomic E-state index is 0.0184. The highest BCUT2D eigenvalue weighted by molar-refractivity contribution is 5.87. The number of nitrogens with one attached hydrogen (secondary N) is 2.